The Labute approximate surface area is 143 Å². The number of esters is 1. The lowest BCUT2D eigenvalue weighted by Gasteiger charge is -2.15. The van der Waals surface area contributed by atoms with Crippen LogP contribution >= 0.6 is 0 Å². The lowest BCUT2D eigenvalue weighted by Crippen LogP contribution is -2.31. The summed E-state index contributed by atoms with van der Waals surface area (Å²) in [6, 6.07) is 13.9. The van der Waals surface area contributed by atoms with Gasteiger partial charge in [-0.3, -0.25) is 9.59 Å². The number of rotatable bonds is 2. The number of imide groups is 1. The molecule has 2 aromatic carbocycles. The number of para-hydroxylation sites is 1. The maximum atomic E-state index is 12.9. The Balaban J connectivity index is 2.04. The van der Waals surface area contributed by atoms with Crippen molar-refractivity contribution in [3.63, 3.8) is 0 Å². The van der Waals surface area contributed by atoms with Crippen molar-refractivity contribution < 1.29 is 19.1 Å². The molecule has 1 aliphatic rings. The molecule has 0 radical (unpaired) electrons. The van der Waals surface area contributed by atoms with Crippen LogP contribution in [0.15, 0.2) is 48.5 Å². The molecule has 0 bridgehead atoms. The fourth-order valence-electron chi connectivity index (χ4n) is 3.32. The molecule has 0 saturated heterocycles. The Bertz CT molecular complexity index is 1030. The molecular formula is C19H14N2O4. The highest BCUT2D eigenvalue weighted by atomic mass is 16.5. The van der Waals surface area contributed by atoms with E-state index in [1.54, 1.807) is 48.0 Å². The van der Waals surface area contributed by atoms with Gasteiger partial charge in [0.2, 0.25) is 0 Å². The van der Waals surface area contributed by atoms with Crippen molar-refractivity contribution in [3.05, 3.63) is 65.4 Å². The molecule has 0 fully saturated rings. The van der Waals surface area contributed by atoms with Crippen molar-refractivity contribution in [2.75, 3.05) is 12.0 Å². The van der Waals surface area contributed by atoms with E-state index in [-0.39, 0.29) is 11.4 Å². The van der Waals surface area contributed by atoms with E-state index in [2.05, 4.69) is 0 Å². The molecule has 4 rings (SSSR count). The molecule has 3 aromatic rings. The zero-order valence-corrected chi connectivity index (χ0v) is 13.6. The van der Waals surface area contributed by atoms with Gasteiger partial charge in [-0.15, -0.1) is 0 Å². The number of hydrogen-bond donors (Lipinski definition) is 0. The third-order valence-electron chi connectivity index (χ3n) is 4.48. The molecule has 2 heterocycles. The Hall–Kier alpha value is -3.41. The van der Waals surface area contributed by atoms with Crippen LogP contribution in [0, 0.1) is 0 Å². The van der Waals surface area contributed by atoms with Gasteiger partial charge < -0.3 is 9.30 Å². The fourth-order valence-corrected chi connectivity index (χ4v) is 3.32. The van der Waals surface area contributed by atoms with Crippen molar-refractivity contribution in [1.82, 2.24) is 4.57 Å². The Morgan fingerprint density at radius 2 is 1.48 bits per heavy atom. The summed E-state index contributed by atoms with van der Waals surface area (Å²) in [5, 5.41) is 0.639. The summed E-state index contributed by atoms with van der Waals surface area (Å²) in [5.41, 5.74) is 1.82. The molecule has 1 aliphatic heterocycles. The van der Waals surface area contributed by atoms with E-state index in [0.29, 0.717) is 16.5 Å². The minimum Gasteiger partial charge on any atom is -0.464 e. The Kier molecular flexibility index (Phi) is 3.21. The highest BCUT2D eigenvalue weighted by molar-refractivity contribution is 6.37. The summed E-state index contributed by atoms with van der Waals surface area (Å²) in [5.74, 6) is -1.49. The maximum absolute atomic E-state index is 12.9. The molecule has 1 aromatic heterocycles. The van der Waals surface area contributed by atoms with Crippen LogP contribution in [0.5, 0.6) is 0 Å². The van der Waals surface area contributed by atoms with Crippen LogP contribution < -0.4 is 4.90 Å². The zero-order chi connectivity index (χ0) is 17.7. The number of carbonyl (C=O) groups is 3. The third-order valence-corrected chi connectivity index (χ3v) is 4.48. The van der Waals surface area contributed by atoms with Crippen LogP contribution in [0.3, 0.4) is 0 Å². The number of fused-ring (bicyclic) bond motifs is 2. The van der Waals surface area contributed by atoms with Crippen molar-refractivity contribution in [3.8, 4) is 0 Å². The fraction of sp³-hybridized carbons (Fsp3) is 0.105. The summed E-state index contributed by atoms with van der Waals surface area (Å²) in [6.07, 6.45) is 0. The smallest absolute Gasteiger partial charge is 0.356 e. The molecule has 6 nitrogen and oxygen atoms in total. The minimum atomic E-state index is -0.606. The first-order valence-electron chi connectivity index (χ1n) is 7.69. The summed E-state index contributed by atoms with van der Waals surface area (Å²) in [4.78, 5) is 39.2. The second-order valence-corrected chi connectivity index (χ2v) is 5.76. The summed E-state index contributed by atoms with van der Waals surface area (Å²) in [6.45, 7) is 0. The van der Waals surface area contributed by atoms with Gasteiger partial charge in [-0.2, -0.15) is 0 Å². The summed E-state index contributed by atoms with van der Waals surface area (Å²) in [7, 11) is 2.97. The largest absolute Gasteiger partial charge is 0.464 e. The molecule has 0 aliphatic carbocycles. The van der Waals surface area contributed by atoms with Gasteiger partial charge in [0.15, 0.2) is 5.69 Å². The predicted octanol–water partition coefficient (Wildman–Crippen LogP) is 2.77. The summed E-state index contributed by atoms with van der Waals surface area (Å²) >= 11 is 0. The molecule has 0 N–H and O–H groups in total. The molecule has 0 unspecified atom stereocenters. The number of aryl methyl sites for hydroxylation is 1. The van der Waals surface area contributed by atoms with Gasteiger partial charge in [0.05, 0.1) is 29.4 Å². The van der Waals surface area contributed by atoms with Crippen molar-refractivity contribution >= 4 is 34.4 Å². The van der Waals surface area contributed by atoms with Crippen LogP contribution in [0.1, 0.15) is 31.2 Å². The second kappa shape index (κ2) is 5.31. The van der Waals surface area contributed by atoms with E-state index in [1.807, 2.05) is 12.1 Å². The first-order valence-corrected chi connectivity index (χ1v) is 7.69. The third kappa shape index (κ3) is 1.94. The molecule has 0 atom stereocenters. The van der Waals surface area contributed by atoms with Crippen LogP contribution in [0.4, 0.5) is 5.69 Å². The highest BCUT2D eigenvalue weighted by Gasteiger charge is 2.40. The van der Waals surface area contributed by atoms with E-state index in [1.165, 1.54) is 7.11 Å². The SMILES string of the molecule is COC(=O)c1c(N2C(=O)c3ccccc3C2=O)c2ccccc2n1C. The first-order chi connectivity index (χ1) is 12.1. The molecule has 6 heteroatoms. The quantitative estimate of drug-likeness (QED) is 0.534. The standard InChI is InChI=1S/C19H14N2O4/c1-20-14-10-6-5-9-13(14)15(16(20)19(24)25-2)21-17(22)11-7-3-4-8-12(11)18(21)23/h3-10H,1-2H3. The van der Waals surface area contributed by atoms with E-state index in [0.717, 1.165) is 10.4 Å². The van der Waals surface area contributed by atoms with Gasteiger partial charge in [-0.25, -0.2) is 9.69 Å². The molecule has 124 valence electrons. The summed E-state index contributed by atoms with van der Waals surface area (Å²) < 4.78 is 6.52. The van der Waals surface area contributed by atoms with Gasteiger partial charge in [0.1, 0.15) is 0 Å². The van der Waals surface area contributed by atoms with Gasteiger partial charge in [-0.05, 0) is 18.2 Å². The molecular weight excluding hydrogens is 320 g/mol. The topological polar surface area (TPSA) is 68.6 Å². The normalized spacial score (nSPS) is 13.4. The minimum absolute atomic E-state index is 0.165. The van der Waals surface area contributed by atoms with Gasteiger partial charge in [0, 0.05) is 12.4 Å². The van der Waals surface area contributed by atoms with Gasteiger partial charge >= 0.3 is 5.97 Å². The Morgan fingerprint density at radius 1 is 0.920 bits per heavy atom. The number of nitrogens with zero attached hydrogens (tertiary/aromatic N) is 2. The average molecular weight is 334 g/mol. The van der Waals surface area contributed by atoms with E-state index >= 15 is 0 Å². The number of methoxy groups -OCH3 is 1. The number of amides is 2. The average Bonchev–Trinajstić information content (AvgIpc) is 3.07. The van der Waals surface area contributed by atoms with Crippen LogP contribution in [-0.4, -0.2) is 29.5 Å². The lowest BCUT2D eigenvalue weighted by atomic mass is 10.1. The monoisotopic (exact) mass is 334 g/mol. The molecule has 0 saturated carbocycles. The second-order valence-electron chi connectivity index (χ2n) is 5.76. The maximum Gasteiger partial charge on any atom is 0.356 e. The molecule has 0 spiro atoms. The predicted molar refractivity (Wildman–Crippen MR) is 91.8 cm³/mol. The van der Waals surface area contributed by atoms with E-state index in [9.17, 15) is 14.4 Å². The zero-order valence-electron chi connectivity index (χ0n) is 13.6. The number of benzene rings is 2. The molecule has 2 amide bonds. The van der Waals surface area contributed by atoms with E-state index in [4.69, 9.17) is 4.74 Å². The van der Waals surface area contributed by atoms with Crippen molar-refractivity contribution in [2.24, 2.45) is 7.05 Å². The number of ether oxygens (including phenoxy) is 1. The van der Waals surface area contributed by atoms with E-state index < -0.39 is 17.8 Å². The lowest BCUT2D eigenvalue weighted by molar-refractivity contribution is 0.0591. The van der Waals surface area contributed by atoms with Crippen LogP contribution in [0.2, 0.25) is 0 Å². The molecule has 25 heavy (non-hydrogen) atoms. The first kappa shape index (κ1) is 15.1. The van der Waals surface area contributed by atoms with Crippen molar-refractivity contribution in [2.45, 2.75) is 0 Å². The number of hydrogen-bond acceptors (Lipinski definition) is 4. The highest BCUT2D eigenvalue weighted by Crippen LogP contribution is 2.38. The van der Waals surface area contributed by atoms with Crippen LogP contribution in [-0.2, 0) is 11.8 Å². The van der Waals surface area contributed by atoms with Crippen LogP contribution in [0.25, 0.3) is 10.9 Å². The number of carbonyl (C=O) groups excluding carboxylic acids is 3. The number of anilines is 1. The van der Waals surface area contributed by atoms with Crippen molar-refractivity contribution in [1.29, 1.82) is 0 Å². The van der Waals surface area contributed by atoms with Gasteiger partial charge in [0.25, 0.3) is 11.8 Å². The van der Waals surface area contributed by atoms with Gasteiger partial charge in [-0.1, -0.05) is 30.3 Å². The number of aromatic nitrogens is 1. The Morgan fingerprint density at radius 3 is 2.08 bits per heavy atom.